The topological polar surface area (TPSA) is 127 Å². The van der Waals surface area contributed by atoms with Crippen molar-refractivity contribution in [1.82, 2.24) is 9.97 Å². The van der Waals surface area contributed by atoms with Crippen LogP contribution in [0.25, 0.3) is 12.2 Å². The van der Waals surface area contributed by atoms with Crippen LogP contribution in [-0.4, -0.2) is 22.0 Å². The van der Waals surface area contributed by atoms with Crippen molar-refractivity contribution in [3.05, 3.63) is 95.0 Å². The molecule has 0 saturated carbocycles. The van der Waals surface area contributed by atoms with Gasteiger partial charge in [0, 0.05) is 5.56 Å². The molecule has 0 aliphatic carbocycles. The van der Waals surface area contributed by atoms with Crippen LogP contribution >= 0.6 is 11.6 Å². The summed E-state index contributed by atoms with van der Waals surface area (Å²) in [4.78, 5) is 37.4. The molecule has 2 N–H and O–H groups in total. The third-order valence-electron chi connectivity index (χ3n) is 4.19. The minimum atomic E-state index is -1.12. The summed E-state index contributed by atoms with van der Waals surface area (Å²) < 4.78 is 24.9. The highest BCUT2D eigenvalue weighted by Crippen LogP contribution is 2.31. The van der Waals surface area contributed by atoms with Crippen LogP contribution in [0.3, 0.4) is 0 Å². The number of rotatable bonds is 7. The maximum Gasteiger partial charge on any atom is 0.357 e. The lowest BCUT2D eigenvalue weighted by Gasteiger charge is -2.12. The number of aromatic amines is 2. The number of halogens is 2. The van der Waals surface area contributed by atoms with Crippen LogP contribution in [0.5, 0.6) is 11.5 Å². The van der Waals surface area contributed by atoms with Crippen molar-refractivity contribution in [1.29, 1.82) is 0 Å². The van der Waals surface area contributed by atoms with Crippen molar-refractivity contribution in [3.63, 3.8) is 0 Å². The lowest BCUT2D eigenvalue weighted by atomic mass is 10.1. The van der Waals surface area contributed by atoms with Gasteiger partial charge in [-0.25, -0.2) is 9.18 Å². The second-order valence-corrected chi connectivity index (χ2v) is 6.57. The Labute approximate surface area is 178 Å². The molecule has 3 aromatic rings. The zero-order valence-electron chi connectivity index (χ0n) is 16.0. The van der Waals surface area contributed by atoms with Crippen molar-refractivity contribution in [2.45, 2.75) is 6.61 Å². The van der Waals surface area contributed by atoms with Crippen molar-refractivity contribution in [2.24, 2.45) is 0 Å². The molecule has 1 heterocycles. The van der Waals surface area contributed by atoms with E-state index in [1.807, 2.05) is 0 Å². The minimum Gasteiger partial charge on any atom is -0.493 e. The Morgan fingerprint density at radius 1 is 1.16 bits per heavy atom. The molecule has 0 radical (unpaired) electrons. The number of nitro groups is 1. The van der Waals surface area contributed by atoms with E-state index in [1.54, 1.807) is 23.2 Å². The molecule has 0 amide bonds. The smallest absolute Gasteiger partial charge is 0.357 e. The fourth-order valence-corrected chi connectivity index (χ4v) is 2.93. The lowest BCUT2D eigenvalue weighted by Crippen LogP contribution is -2.25. The van der Waals surface area contributed by atoms with E-state index in [1.165, 1.54) is 37.5 Å². The largest absolute Gasteiger partial charge is 0.493 e. The summed E-state index contributed by atoms with van der Waals surface area (Å²) in [5, 5.41) is 11.3. The number of benzene rings is 2. The molecular formula is C20H15ClFN3O6. The molecule has 0 aliphatic heterocycles. The molecule has 0 spiro atoms. The van der Waals surface area contributed by atoms with Gasteiger partial charge in [0.2, 0.25) is 0 Å². The summed E-state index contributed by atoms with van der Waals surface area (Å²) in [7, 11) is 1.43. The average Bonchev–Trinajstić information content (AvgIpc) is 2.71. The van der Waals surface area contributed by atoms with E-state index >= 15 is 0 Å². The first-order valence-corrected chi connectivity index (χ1v) is 9.10. The quantitative estimate of drug-likeness (QED) is 0.421. The molecule has 9 nitrogen and oxygen atoms in total. The monoisotopic (exact) mass is 447 g/mol. The van der Waals surface area contributed by atoms with Crippen LogP contribution in [0.4, 0.5) is 10.1 Å². The summed E-state index contributed by atoms with van der Waals surface area (Å²) in [6.07, 6.45) is 2.65. The minimum absolute atomic E-state index is 0.165. The molecule has 0 aliphatic rings. The predicted molar refractivity (Wildman–Crippen MR) is 112 cm³/mol. The fourth-order valence-electron chi connectivity index (χ4n) is 2.71. The van der Waals surface area contributed by atoms with Crippen LogP contribution in [0, 0.1) is 15.9 Å². The highest BCUT2D eigenvalue weighted by atomic mass is 35.5. The Kier molecular flexibility index (Phi) is 6.51. The third kappa shape index (κ3) is 4.98. The maximum atomic E-state index is 14.0. The number of methoxy groups -OCH3 is 1. The highest BCUT2D eigenvalue weighted by molar-refractivity contribution is 6.31. The van der Waals surface area contributed by atoms with Gasteiger partial charge in [-0.1, -0.05) is 29.8 Å². The fraction of sp³-hybridized carbons (Fsp3) is 0.100. The summed E-state index contributed by atoms with van der Waals surface area (Å²) >= 11 is 6.01. The Morgan fingerprint density at radius 2 is 1.94 bits per heavy atom. The van der Waals surface area contributed by atoms with Gasteiger partial charge in [0.15, 0.2) is 11.5 Å². The third-order valence-corrected chi connectivity index (χ3v) is 4.55. The van der Waals surface area contributed by atoms with Crippen LogP contribution in [0.2, 0.25) is 5.02 Å². The molecule has 0 atom stereocenters. The Bertz CT molecular complexity index is 1260. The van der Waals surface area contributed by atoms with E-state index in [4.69, 9.17) is 21.1 Å². The SMILES string of the molecule is COc1ccc(/C=C/c2[nH]c(=O)[nH]c(=O)c2[N+](=O)[O-])cc1OCc1c(F)cccc1Cl. The number of hydrogen-bond acceptors (Lipinski definition) is 6. The van der Waals surface area contributed by atoms with Crippen LogP contribution in [0.1, 0.15) is 16.8 Å². The summed E-state index contributed by atoms with van der Waals surface area (Å²) in [6, 6.07) is 9.01. The van der Waals surface area contributed by atoms with Gasteiger partial charge >= 0.3 is 16.9 Å². The maximum absolute atomic E-state index is 14.0. The summed E-state index contributed by atoms with van der Waals surface area (Å²) in [5.41, 5.74) is -2.38. The summed E-state index contributed by atoms with van der Waals surface area (Å²) in [6.45, 7) is -0.165. The first kappa shape index (κ1) is 21.8. The number of ether oxygens (including phenoxy) is 2. The van der Waals surface area contributed by atoms with Crippen molar-refractivity contribution < 1.29 is 18.8 Å². The first-order valence-electron chi connectivity index (χ1n) is 8.73. The second-order valence-electron chi connectivity index (χ2n) is 6.16. The van der Waals surface area contributed by atoms with Crippen molar-refractivity contribution in [3.8, 4) is 11.5 Å². The Morgan fingerprint density at radius 3 is 2.61 bits per heavy atom. The predicted octanol–water partition coefficient (Wildman–Crippen LogP) is 3.52. The van der Waals surface area contributed by atoms with Crippen LogP contribution in [-0.2, 0) is 6.61 Å². The van der Waals surface area contributed by atoms with E-state index in [0.29, 0.717) is 11.3 Å². The van der Waals surface area contributed by atoms with Gasteiger partial charge in [-0.05, 0) is 35.9 Å². The molecule has 0 fully saturated rings. The normalized spacial score (nSPS) is 10.9. The van der Waals surface area contributed by atoms with Crippen molar-refractivity contribution >= 4 is 29.4 Å². The molecule has 0 saturated heterocycles. The van der Waals surface area contributed by atoms with Gasteiger partial charge in [-0.3, -0.25) is 19.9 Å². The van der Waals surface area contributed by atoms with Gasteiger partial charge in [0.1, 0.15) is 18.1 Å². The zero-order chi connectivity index (χ0) is 22.5. The van der Waals surface area contributed by atoms with Gasteiger partial charge in [-0.2, -0.15) is 0 Å². The molecule has 11 heteroatoms. The standard InChI is InChI=1S/C20H15ClFN3O6/c1-30-16-8-6-11(5-7-15-18(25(28)29)19(26)24-20(27)23-15)9-17(16)31-10-12-13(21)3-2-4-14(12)22/h2-9H,10H2,1H3,(H2,23,24,26,27)/b7-5+. The molecule has 2 aromatic carbocycles. The lowest BCUT2D eigenvalue weighted by molar-refractivity contribution is -0.386. The van der Waals surface area contributed by atoms with Gasteiger partial charge in [-0.15, -0.1) is 0 Å². The molecule has 0 bridgehead atoms. The second kappa shape index (κ2) is 9.26. The number of nitrogens with zero attached hydrogens (tertiary/aromatic N) is 1. The number of hydrogen-bond donors (Lipinski definition) is 2. The van der Waals surface area contributed by atoms with Crippen molar-refractivity contribution in [2.75, 3.05) is 7.11 Å². The van der Waals surface area contributed by atoms with E-state index < -0.39 is 27.7 Å². The number of H-pyrrole nitrogens is 2. The number of nitrogens with one attached hydrogen (secondary N) is 2. The molecule has 160 valence electrons. The zero-order valence-corrected chi connectivity index (χ0v) is 16.7. The van der Waals surface area contributed by atoms with Crippen LogP contribution < -0.4 is 20.7 Å². The number of aromatic nitrogens is 2. The molecule has 1 aromatic heterocycles. The molecular weight excluding hydrogens is 433 g/mol. The molecule has 31 heavy (non-hydrogen) atoms. The molecule has 0 unspecified atom stereocenters. The average molecular weight is 448 g/mol. The Hall–Kier alpha value is -3.92. The van der Waals surface area contributed by atoms with Gasteiger partial charge < -0.3 is 14.5 Å². The van der Waals surface area contributed by atoms with E-state index in [0.717, 1.165) is 0 Å². The summed E-state index contributed by atoms with van der Waals surface area (Å²) in [5.74, 6) is 0.103. The Balaban J connectivity index is 1.92. The van der Waals surface area contributed by atoms with E-state index in [2.05, 4.69) is 4.98 Å². The van der Waals surface area contributed by atoms with Crippen LogP contribution in [0.15, 0.2) is 46.0 Å². The van der Waals surface area contributed by atoms with Gasteiger partial charge in [0.05, 0.1) is 17.1 Å². The first-order chi connectivity index (χ1) is 14.8. The molecule has 3 rings (SSSR count). The van der Waals surface area contributed by atoms with Gasteiger partial charge in [0.25, 0.3) is 0 Å². The van der Waals surface area contributed by atoms with E-state index in [9.17, 15) is 24.1 Å². The van der Waals surface area contributed by atoms with E-state index in [-0.39, 0.29) is 28.6 Å². The highest BCUT2D eigenvalue weighted by Gasteiger charge is 2.19.